The molecule has 1 rings (SSSR count). The van der Waals surface area contributed by atoms with Crippen molar-refractivity contribution in [1.82, 2.24) is 5.32 Å². The minimum atomic E-state index is 0.495. The lowest BCUT2D eigenvalue weighted by molar-refractivity contribution is 0.407. The highest BCUT2D eigenvalue weighted by Crippen LogP contribution is 2.27. The molecule has 2 heteroatoms. The summed E-state index contributed by atoms with van der Waals surface area (Å²) in [4.78, 5) is 0. The molecule has 0 amide bonds. The van der Waals surface area contributed by atoms with Gasteiger partial charge in [0.15, 0.2) is 0 Å². The molecule has 0 fully saturated rings. The fraction of sp³-hybridized carbons (Fsp3) is 0.600. The van der Waals surface area contributed by atoms with Crippen molar-refractivity contribution in [2.75, 3.05) is 13.7 Å². The second-order valence-corrected chi connectivity index (χ2v) is 5.26. The topological polar surface area (TPSA) is 21.3 Å². The molecule has 2 nitrogen and oxygen atoms in total. The summed E-state index contributed by atoms with van der Waals surface area (Å²) in [6.45, 7) is 10.8. The normalized spacial score (nSPS) is 11.2. The summed E-state index contributed by atoms with van der Waals surface area (Å²) in [5.74, 6) is 2.18. The number of ether oxygens (including phenoxy) is 1. The van der Waals surface area contributed by atoms with Crippen LogP contribution in [-0.4, -0.2) is 13.7 Å². The zero-order valence-electron chi connectivity index (χ0n) is 11.7. The molecule has 0 aliphatic carbocycles. The molecule has 17 heavy (non-hydrogen) atoms. The predicted octanol–water partition coefficient (Wildman–Crippen LogP) is 3.56. The molecule has 96 valence electrons. The van der Waals surface area contributed by atoms with Crippen molar-refractivity contribution in [3.8, 4) is 5.75 Å². The van der Waals surface area contributed by atoms with Crippen molar-refractivity contribution in [3.05, 3.63) is 29.3 Å². The average Bonchev–Trinajstić information content (AvgIpc) is 2.28. The summed E-state index contributed by atoms with van der Waals surface area (Å²) in [6, 6.07) is 6.45. The Morgan fingerprint density at radius 1 is 1.18 bits per heavy atom. The van der Waals surface area contributed by atoms with Gasteiger partial charge in [-0.05, 0) is 35.6 Å². The van der Waals surface area contributed by atoms with Gasteiger partial charge in [-0.15, -0.1) is 0 Å². The van der Waals surface area contributed by atoms with Crippen molar-refractivity contribution >= 4 is 0 Å². The number of hydrogen-bond acceptors (Lipinski definition) is 2. The minimum absolute atomic E-state index is 0.495. The van der Waals surface area contributed by atoms with E-state index in [0.29, 0.717) is 11.8 Å². The van der Waals surface area contributed by atoms with Crippen molar-refractivity contribution in [3.63, 3.8) is 0 Å². The van der Waals surface area contributed by atoms with Crippen molar-refractivity contribution in [2.24, 2.45) is 5.92 Å². The third-order valence-electron chi connectivity index (χ3n) is 2.80. The van der Waals surface area contributed by atoms with E-state index in [2.05, 4.69) is 51.2 Å². The molecule has 0 aromatic heterocycles. The van der Waals surface area contributed by atoms with Crippen LogP contribution in [0.3, 0.4) is 0 Å². The Bertz CT molecular complexity index is 345. The summed E-state index contributed by atoms with van der Waals surface area (Å²) < 4.78 is 5.38. The number of methoxy groups -OCH3 is 1. The van der Waals surface area contributed by atoms with Gasteiger partial charge in [-0.3, -0.25) is 0 Å². The van der Waals surface area contributed by atoms with Gasteiger partial charge >= 0.3 is 0 Å². The molecule has 0 unspecified atom stereocenters. The van der Waals surface area contributed by atoms with E-state index in [9.17, 15) is 0 Å². The zero-order valence-corrected chi connectivity index (χ0v) is 11.7. The van der Waals surface area contributed by atoms with Gasteiger partial charge in [0.1, 0.15) is 5.75 Å². The number of nitrogens with one attached hydrogen (secondary N) is 1. The van der Waals surface area contributed by atoms with Gasteiger partial charge in [0.25, 0.3) is 0 Å². The van der Waals surface area contributed by atoms with Gasteiger partial charge in [-0.2, -0.15) is 0 Å². The lowest BCUT2D eigenvalue weighted by atomic mass is 9.99. The highest BCUT2D eigenvalue weighted by molar-refractivity contribution is 5.39. The van der Waals surface area contributed by atoms with Crippen LogP contribution in [0.5, 0.6) is 5.75 Å². The molecule has 1 aromatic rings. The number of benzene rings is 1. The molecule has 0 atom stereocenters. The van der Waals surface area contributed by atoms with E-state index in [1.165, 1.54) is 11.1 Å². The van der Waals surface area contributed by atoms with Gasteiger partial charge < -0.3 is 10.1 Å². The Morgan fingerprint density at radius 3 is 2.41 bits per heavy atom. The summed E-state index contributed by atoms with van der Waals surface area (Å²) in [7, 11) is 1.73. The van der Waals surface area contributed by atoms with Crippen LogP contribution in [0.1, 0.15) is 44.7 Å². The molecule has 1 aromatic carbocycles. The van der Waals surface area contributed by atoms with Crippen molar-refractivity contribution in [1.29, 1.82) is 0 Å². The Morgan fingerprint density at radius 2 is 1.88 bits per heavy atom. The first-order chi connectivity index (χ1) is 8.04. The molecular formula is C15H25NO. The lowest BCUT2D eigenvalue weighted by Crippen LogP contribution is -2.19. The van der Waals surface area contributed by atoms with Gasteiger partial charge in [-0.25, -0.2) is 0 Å². The Kier molecular flexibility index (Phi) is 5.49. The van der Waals surface area contributed by atoms with Crippen LogP contribution in [0.25, 0.3) is 0 Å². The second-order valence-electron chi connectivity index (χ2n) is 5.26. The van der Waals surface area contributed by atoms with Crippen molar-refractivity contribution < 1.29 is 4.74 Å². The zero-order chi connectivity index (χ0) is 12.8. The predicted molar refractivity (Wildman–Crippen MR) is 73.6 cm³/mol. The van der Waals surface area contributed by atoms with Crippen LogP contribution in [-0.2, 0) is 6.54 Å². The molecule has 0 saturated heterocycles. The van der Waals surface area contributed by atoms with Crippen LogP contribution >= 0.6 is 0 Å². The molecule has 0 bridgehead atoms. The molecule has 0 aliphatic rings. The molecule has 0 radical (unpaired) electrons. The minimum Gasteiger partial charge on any atom is -0.496 e. The quantitative estimate of drug-likeness (QED) is 0.814. The Balaban J connectivity index is 2.71. The highest BCUT2D eigenvalue weighted by atomic mass is 16.5. The number of rotatable bonds is 6. The third kappa shape index (κ3) is 4.39. The van der Waals surface area contributed by atoms with Gasteiger partial charge in [0, 0.05) is 6.54 Å². The molecular weight excluding hydrogens is 210 g/mol. The maximum Gasteiger partial charge on any atom is 0.122 e. The van der Waals surface area contributed by atoms with Gasteiger partial charge in [0.2, 0.25) is 0 Å². The van der Waals surface area contributed by atoms with Gasteiger partial charge in [-0.1, -0.05) is 39.8 Å². The first kappa shape index (κ1) is 14.0. The molecule has 0 heterocycles. The molecule has 0 spiro atoms. The van der Waals surface area contributed by atoms with Crippen LogP contribution in [0.2, 0.25) is 0 Å². The fourth-order valence-corrected chi connectivity index (χ4v) is 1.85. The van der Waals surface area contributed by atoms with E-state index >= 15 is 0 Å². The summed E-state index contributed by atoms with van der Waals surface area (Å²) in [6.07, 6.45) is 0. The highest BCUT2D eigenvalue weighted by Gasteiger charge is 2.08. The summed E-state index contributed by atoms with van der Waals surface area (Å²) in [5.41, 5.74) is 2.62. The maximum atomic E-state index is 5.38. The molecule has 0 saturated carbocycles. The largest absolute Gasteiger partial charge is 0.496 e. The smallest absolute Gasteiger partial charge is 0.122 e. The van der Waals surface area contributed by atoms with E-state index in [1.807, 2.05) is 0 Å². The summed E-state index contributed by atoms with van der Waals surface area (Å²) in [5, 5.41) is 3.46. The van der Waals surface area contributed by atoms with Crippen LogP contribution < -0.4 is 10.1 Å². The van der Waals surface area contributed by atoms with E-state index in [0.717, 1.165) is 18.8 Å². The van der Waals surface area contributed by atoms with E-state index in [4.69, 9.17) is 4.74 Å². The maximum absolute atomic E-state index is 5.38. The molecule has 0 aliphatic heterocycles. The number of hydrogen-bond donors (Lipinski definition) is 1. The van der Waals surface area contributed by atoms with Crippen LogP contribution in [0.4, 0.5) is 0 Å². The van der Waals surface area contributed by atoms with Crippen LogP contribution in [0, 0.1) is 5.92 Å². The van der Waals surface area contributed by atoms with Crippen molar-refractivity contribution in [2.45, 2.75) is 40.2 Å². The first-order valence-electron chi connectivity index (χ1n) is 6.42. The SMILES string of the molecule is COc1ccc(CNCC(C)C)cc1C(C)C. The average molecular weight is 235 g/mol. The van der Waals surface area contributed by atoms with E-state index < -0.39 is 0 Å². The monoisotopic (exact) mass is 235 g/mol. The Hall–Kier alpha value is -1.02. The van der Waals surface area contributed by atoms with E-state index in [1.54, 1.807) is 7.11 Å². The standard InChI is InChI=1S/C15H25NO/c1-11(2)9-16-10-13-6-7-15(17-5)14(8-13)12(3)4/h6-8,11-12,16H,9-10H2,1-5H3. The third-order valence-corrected chi connectivity index (χ3v) is 2.80. The lowest BCUT2D eigenvalue weighted by Gasteiger charge is -2.14. The second kappa shape index (κ2) is 6.65. The van der Waals surface area contributed by atoms with Gasteiger partial charge in [0.05, 0.1) is 7.11 Å². The molecule has 1 N–H and O–H groups in total. The first-order valence-corrected chi connectivity index (χ1v) is 6.42. The fourth-order valence-electron chi connectivity index (χ4n) is 1.85. The van der Waals surface area contributed by atoms with Crippen LogP contribution in [0.15, 0.2) is 18.2 Å². The Labute approximate surface area is 105 Å². The van der Waals surface area contributed by atoms with E-state index in [-0.39, 0.29) is 0 Å². The summed E-state index contributed by atoms with van der Waals surface area (Å²) >= 11 is 0.